The number of benzene rings is 1. The van der Waals surface area contributed by atoms with Crippen LogP contribution >= 0.6 is 0 Å². The molecule has 24 heavy (non-hydrogen) atoms. The fraction of sp³-hybridized carbons (Fsp3) is 0.500. The Morgan fingerprint density at radius 2 is 2.00 bits per heavy atom. The van der Waals surface area contributed by atoms with Gasteiger partial charge in [0, 0.05) is 19.2 Å². The molecule has 8 heteroatoms. The molecule has 2 rings (SSSR count). The zero-order valence-electron chi connectivity index (χ0n) is 13.9. The number of anilines is 1. The van der Waals surface area contributed by atoms with Crippen molar-refractivity contribution in [2.24, 2.45) is 5.92 Å². The predicted molar refractivity (Wildman–Crippen MR) is 87.7 cm³/mol. The maximum Gasteiger partial charge on any atom is 0.247 e. The van der Waals surface area contributed by atoms with Gasteiger partial charge in [-0.05, 0) is 30.5 Å². The summed E-state index contributed by atoms with van der Waals surface area (Å²) in [5.41, 5.74) is -0.208. The van der Waals surface area contributed by atoms with Gasteiger partial charge < -0.3 is 10.2 Å². The number of nitrogens with zero attached hydrogens (tertiary/aromatic N) is 1. The van der Waals surface area contributed by atoms with Gasteiger partial charge >= 0.3 is 0 Å². The number of sulfone groups is 1. The molecule has 1 atom stereocenters. The van der Waals surface area contributed by atoms with Crippen LogP contribution in [0.5, 0.6) is 0 Å². The normalized spacial score (nSPS) is 16.5. The van der Waals surface area contributed by atoms with E-state index >= 15 is 0 Å². The van der Waals surface area contributed by atoms with Gasteiger partial charge in [-0.2, -0.15) is 0 Å². The first-order valence-corrected chi connectivity index (χ1v) is 9.60. The smallest absolute Gasteiger partial charge is 0.247 e. The van der Waals surface area contributed by atoms with Gasteiger partial charge in [-0.15, -0.1) is 0 Å². The summed E-state index contributed by atoms with van der Waals surface area (Å²) >= 11 is 0. The predicted octanol–water partition coefficient (Wildman–Crippen LogP) is 1.81. The molecule has 0 radical (unpaired) electrons. The number of halogens is 1. The number of amides is 2. The summed E-state index contributed by atoms with van der Waals surface area (Å²) in [5, 5.41) is 2.43. The van der Waals surface area contributed by atoms with E-state index in [1.54, 1.807) is 13.8 Å². The number of hydrogen-bond acceptors (Lipinski definition) is 4. The monoisotopic (exact) mass is 356 g/mol. The summed E-state index contributed by atoms with van der Waals surface area (Å²) in [4.78, 5) is 25.9. The van der Waals surface area contributed by atoms with E-state index in [-0.39, 0.29) is 22.4 Å². The molecule has 1 saturated heterocycles. The highest BCUT2D eigenvalue weighted by Gasteiger charge is 2.35. The Kier molecular flexibility index (Phi) is 5.27. The molecular weight excluding hydrogens is 335 g/mol. The average Bonchev–Trinajstić information content (AvgIpc) is 2.86. The van der Waals surface area contributed by atoms with E-state index in [0.29, 0.717) is 19.4 Å². The Hall–Kier alpha value is -1.96. The van der Waals surface area contributed by atoms with Crippen molar-refractivity contribution in [2.45, 2.75) is 37.6 Å². The minimum atomic E-state index is -3.52. The summed E-state index contributed by atoms with van der Waals surface area (Å²) in [5.74, 6) is -1.52. The molecule has 0 saturated carbocycles. The van der Waals surface area contributed by atoms with Gasteiger partial charge in [-0.3, -0.25) is 9.59 Å². The molecule has 132 valence electrons. The largest absolute Gasteiger partial charge is 0.330 e. The maximum absolute atomic E-state index is 13.9. The van der Waals surface area contributed by atoms with E-state index in [1.807, 2.05) is 0 Å². The van der Waals surface area contributed by atoms with Crippen molar-refractivity contribution in [3.63, 3.8) is 0 Å². The topological polar surface area (TPSA) is 83.6 Å². The molecule has 6 nitrogen and oxygen atoms in total. The first-order chi connectivity index (χ1) is 11.1. The summed E-state index contributed by atoms with van der Waals surface area (Å²) in [6.07, 6.45) is 2.09. The van der Waals surface area contributed by atoms with Crippen molar-refractivity contribution in [1.82, 2.24) is 4.90 Å². The molecular formula is C16H21FN2O4S. The van der Waals surface area contributed by atoms with Crippen molar-refractivity contribution < 1.29 is 22.4 Å². The van der Waals surface area contributed by atoms with E-state index in [0.717, 1.165) is 24.5 Å². The van der Waals surface area contributed by atoms with Crippen molar-refractivity contribution in [3.8, 4) is 0 Å². The fourth-order valence-electron chi connectivity index (χ4n) is 2.80. The second kappa shape index (κ2) is 6.88. The summed E-state index contributed by atoms with van der Waals surface area (Å²) in [7, 11) is -3.52. The van der Waals surface area contributed by atoms with E-state index in [1.165, 1.54) is 4.90 Å². The van der Waals surface area contributed by atoms with Crippen LogP contribution < -0.4 is 5.32 Å². The first-order valence-electron chi connectivity index (χ1n) is 7.71. The Morgan fingerprint density at radius 1 is 1.33 bits per heavy atom. The van der Waals surface area contributed by atoms with Crippen LogP contribution in [0.1, 0.15) is 26.7 Å². The highest BCUT2D eigenvalue weighted by atomic mass is 32.2. The standard InChI is InChI=1S/C16H21FN2O4S/c1-10(2)15(19-8-4-5-14(19)20)16(21)18-13-9-11(24(3,22)23)6-7-12(13)17/h6-7,9-10,15H,4-5,8H2,1-3H3,(H,18,21). The Bertz CT molecular complexity index is 761. The third-order valence-electron chi connectivity index (χ3n) is 3.97. The zero-order chi connectivity index (χ0) is 18.1. The van der Waals surface area contributed by atoms with Gasteiger partial charge in [-0.25, -0.2) is 12.8 Å². The number of carbonyl (C=O) groups excluding carboxylic acids is 2. The van der Waals surface area contributed by atoms with Crippen LogP contribution in [0, 0.1) is 11.7 Å². The zero-order valence-corrected chi connectivity index (χ0v) is 14.7. The lowest BCUT2D eigenvalue weighted by Gasteiger charge is -2.29. The third-order valence-corrected chi connectivity index (χ3v) is 5.08. The van der Waals surface area contributed by atoms with Crippen LogP contribution in [0.4, 0.5) is 10.1 Å². The average molecular weight is 356 g/mol. The van der Waals surface area contributed by atoms with Crippen LogP contribution in [-0.2, 0) is 19.4 Å². The Morgan fingerprint density at radius 3 is 2.50 bits per heavy atom. The van der Waals surface area contributed by atoms with Crippen molar-refractivity contribution in [2.75, 3.05) is 18.1 Å². The van der Waals surface area contributed by atoms with Gasteiger partial charge in [0.15, 0.2) is 9.84 Å². The van der Waals surface area contributed by atoms with Crippen LogP contribution in [-0.4, -0.2) is 44.0 Å². The molecule has 0 aliphatic carbocycles. The molecule has 2 amide bonds. The molecule has 1 aliphatic heterocycles. The van der Waals surface area contributed by atoms with Crippen molar-refractivity contribution >= 4 is 27.3 Å². The minimum absolute atomic E-state index is 0.0856. The third kappa shape index (κ3) is 3.92. The summed E-state index contributed by atoms with van der Waals surface area (Å²) in [6.45, 7) is 4.10. The molecule has 1 aromatic carbocycles. The number of hydrogen-bond donors (Lipinski definition) is 1. The van der Waals surface area contributed by atoms with E-state index < -0.39 is 27.6 Å². The quantitative estimate of drug-likeness (QED) is 0.816. The van der Waals surface area contributed by atoms with Crippen LogP contribution in [0.15, 0.2) is 23.1 Å². The lowest BCUT2D eigenvalue weighted by Crippen LogP contribution is -2.48. The Labute approximate surface area is 140 Å². The number of nitrogens with one attached hydrogen (secondary N) is 1. The second-order valence-electron chi connectivity index (χ2n) is 6.28. The van der Waals surface area contributed by atoms with Crippen LogP contribution in [0.25, 0.3) is 0 Å². The molecule has 0 bridgehead atoms. The van der Waals surface area contributed by atoms with E-state index in [2.05, 4.69) is 5.32 Å². The first kappa shape index (κ1) is 18.4. The number of likely N-dealkylation sites (tertiary alicyclic amines) is 1. The van der Waals surface area contributed by atoms with Gasteiger partial charge in [0.05, 0.1) is 10.6 Å². The Balaban J connectivity index is 2.28. The van der Waals surface area contributed by atoms with E-state index in [4.69, 9.17) is 0 Å². The molecule has 1 aromatic rings. The molecule has 1 N–H and O–H groups in total. The lowest BCUT2D eigenvalue weighted by molar-refractivity contribution is -0.136. The number of carbonyl (C=O) groups is 2. The second-order valence-corrected chi connectivity index (χ2v) is 8.30. The lowest BCUT2D eigenvalue weighted by atomic mass is 10.0. The highest BCUT2D eigenvalue weighted by Crippen LogP contribution is 2.23. The fourth-order valence-corrected chi connectivity index (χ4v) is 3.45. The van der Waals surface area contributed by atoms with Gasteiger partial charge in [0.2, 0.25) is 11.8 Å². The van der Waals surface area contributed by atoms with E-state index in [9.17, 15) is 22.4 Å². The van der Waals surface area contributed by atoms with Gasteiger partial charge in [-0.1, -0.05) is 13.8 Å². The molecule has 0 aromatic heterocycles. The molecule has 1 unspecified atom stereocenters. The molecule has 1 fully saturated rings. The molecule has 1 aliphatic rings. The summed E-state index contributed by atoms with van der Waals surface area (Å²) in [6, 6.07) is 2.51. The maximum atomic E-state index is 13.9. The summed E-state index contributed by atoms with van der Waals surface area (Å²) < 4.78 is 37.1. The minimum Gasteiger partial charge on any atom is -0.330 e. The van der Waals surface area contributed by atoms with Crippen molar-refractivity contribution in [3.05, 3.63) is 24.0 Å². The highest BCUT2D eigenvalue weighted by molar-refractivity contribution is 7.90. The molecule has 1 heterocycles. The van der Waals surface area contributed by atoms with Crippen LogP contribution in [0.2, 0.25) is 0 Å². The molecule has 0 spiro atoms. The van der Waals surface area contributed by atoms with Gasteiger partial charge in [0.1, 0.15) is 11.9 Å². The number of rotatable bonds is 5. The SMILES string of the molecule is CC(C)C(C(=O)Nc1cc(S(C)(=O)=O)ccc1F)N1CCCC1=O. The van der Waals surface area contributed by atoms with Gasteiger partial charge in [0.25, 0.3) is 0 Å². The van der Waals surface area contributed by atoms with Crippen molar-refractivity contribution in [1.29, 1.82) is 0 Å². The van der Waals surface area contributed by atoms with Crippen LogP contribution in [0.3, 0.4) is 0 Å².